The van der Waals surface area contributed by atoms with Crippen molar-refractivity contribution in [1.82, 2.24) is 0 Å². The van der Waals surface area contributed by atoms with E-state index in [9.17, 15) is 16.8 Å². The van der Waals surface area contributed by atoms with Crippen LogP contribution in [0.5, 0.6) is 0 Å². The Bertz CT molecular complexity index is 720. The molecule has 0 aromatic rings. The minimum atomic E-state index is -2.15. The highest BCUT2D eigenvalue weighted by molar-refractivity contribution is 8.79. The molecular formula is C12H10O4S4. The molecule has 0 N–H and O–H groups in total. The van der Waals surface area contributed by atoms with Crippen molar-refractivity contribution in [3.63, 3.8) is 0 Å². The molecule has 8 heteroatoms. The van der Waals surface area contributed by atoms with Crippen molar-refractivity contribution < 1.29 is 16.8 Å². The van der Waals surface area contributed by atoms with Gasteiger partial charge >= 0.3 is 0 Å². The molecule has 0 aromatic heterocycles. The van der Waals surface area contributed by atoms with E-state index in [0.29, 0.717) is 22.6 Å². The van der Waals surface area contributed by atoms with Gasteiger partial charge in [-0.2, -0.15) is 16.8 Å². The van der Waals surface area contributed by atoms with Crippen molar-refractivity contribution in [1.29, 1.82) is 0 Å². The summed E-state index contributed by atoms with van der Waals surface area (Å²) >= 11 is 0. The van der Waals surface area contributed by atoms with Gasteiger partial charge in [0, 0.05) is 22.7 Å². The Labute approximate surface area is 127 Å². The average Bonchev–Trinajstić information content (AvgIpc) is 2.46. The summed E-state index contributed by atoms with van der Waals surface area (Å²) in [5.74, 6) is 0. The van der Waals surface area contributed by atoms with Gasteiger partial charge in [-0.15, -0.1) is 0 Å². The Morgan fingerprint density at radius 3 is 1.35 bits per heavy atom. The monoisotopic (exact) mass is 346 g/mol. The lowest BCUT2D eigenvalue weighted by molar-refractivity contribution is 0.625. The van der Waals surface area contributed by atoms with E-state index in [-0.39, 0.29) is 0 Å². The molecule has 0 atom stereocenters. The van der Waals surface area contributed by atoms with Crippen molar-refractivity contribution >= 4 is 51.9 Å². The summed E-state index contributed by atoms with van der Waals surface area (Å²) in [7, 11) is -1.25. The summed E-state index contributed by atoms with van der Waals surface area (Å²) in [5.41, 5.74) is 0. The van der Waals surface area contributed by atoms with Crippen molar-refractivity contribution in [3.8, 4) is 0 Å². The van der Waals surface area contributed by atoms with Gasteiger partial charge in [0.2, 0.25) is 20.6 Å². The Balaban J connectivity index is 1.93. The van der Waals surface area contributed by atoms with Gasteiger partial charge in [-0.3, -0.25) is 0 Å². The second-order valence-electron chi connectivity index (χ2n) is 3.86. The maximum Gasteiger partial charge on any atom is 0.217 e. The largest absolute Gasteiger partial charge is 0.217 e. The van der Waals surface area contributed by atoms with Gasteiger partial charge in [-0.25, -0.2) is 0 Å². The minimum absolute atomic E-state index is 0.383. The van der Waals surface area contributed by atoms with Crippen molar-refractivity contribution in [3.05, 3.63) is 46.3 Å². The van der Waals surface area contributed by atoms with Crippen LogP contribution >= 0.6 is 21.6 Å². The number of hydrogen-bond donors (Lipinski definition) is 0. The van der Waals surface area contributed by atoms with Gasteiger partial charge in [-0.05, 0) is 24.3 Å². The number of rotatable bonds is 3. The van der Waals surface area contributed by atoms with Crippen molar-refractivity contribution in [2.75, 3.05) is 0 Å². The molecule has 0 spiro atoms. The highest BCUT2D eigenvalue weighted by Crippen LogP contribution is 2.39. The van der Waals surface area contributed by atoms with Gasteiger partial charge in [0.1, 0.15) is 0 Å². The molecule has 0 unspecified atom stereocenters. The van der Waals surface area contributed by atoms with Crippen molar-refractivity contribution in [2.45, 2.75) is 12.8 Å². The lowest BCUT2D eigenvalue weighted by Crippen LogP contribution is -1.98. The van der Waals surface area contributed by atoms with E-state index in [2.05, 4.69) is 0 Å². The molecule has 0 saturated carbocycles. The predicted octanol–water partition coefficient (Wildman–Crippen LogP) is 2.16. The first kappa shape index (κ1) is 15.4. The summed E-state index contributed by atoms with van der Waals surface area (Å²) in [6.07, 6.45) is 11.3. The van der Waals surface area contributed by atoms with Crippen LogP contribution in [0.2, 0.25) is 0 Å². The van der Waals surface area contributed by atoms with Gasteiger partial charge in [-0.1, -0.05) is 33.7 Å². The fourth-order valence-electron chi connectivity index (χ4n) is 1.49. The molecule has 2 aliphatic rings. The second-order valence-corrected chi connectivity index (χ2v) is 8.12. The standard InChI is InChI=1S/C12H10O4S4/c13-19(14)11-5-1-9(2-6-11)17-18-10-3-7-12(8-4-10)20(15)16/h1-5,7H,6,8H2. The van der Waals surface area contributed by atoms with Crippen LogP contribution in [0, 0.1) is 0 Å². The van der Waals surface area contributed by atoms with E-state index in [4.69, 9.17) is 0 Å². The van der Waals surface area contributed by atoms with Crippen LogP contribution < -0.4 is 0 Å². The highest BCUT2D eigenvalue weighted by Gasteiger charge is 2.08. The van der Waals surface area contributed by atoms with Crippen LogP contribution in [0.15, 0.2) is 46.3 Å². The van der Waals surface area contributed by atoms with Gasteiger partial charge in [0.25, 0.3) is 0 Å². The topological polar surface area (TPSA) is 68.3 Å². The third-order valence-electron chi connectivity index (χ3n) is 2.54. The first-order valence-corrected chi connectivity index (χ1v) is 9.87. The Hall–Kier alpha value is -0.960. The fourth-order valence-corrected chi connectivity index (χ4v) is 4.35. The van der Waals surface area contributed by atoms with Crippen LogP contribution in [0.4, 0.5) is 0 Å². The zero-order valence-electron chi connectivity index (χ0n) is 10.1. The van der Waals surface area contributed by atoms with E-state index >= 15 is 0 Å². The minimum Gasteiger partial charge on any atom is -0.184 e. The van der Waals surface area contributed by atoms with Crippen LogP contribution in [0.25, 0.3) is 0 Å². The third kappa shape index (κ3) is 4.27. The van der Waals surface area contributed by atoms with E-state index in [1.807, 2.05) is 12.2 Å². The molecule has 0 saturated heterocycles. The fraction of sp³-hybridized carbons (Fsp3) is 0.167. The highest BCUT2D eigenvalue weighted by atomic mass is 33.1. The molecule has 0 aromatic carbocycles. The maximum absolute atomic E-state index is 10.8. The normalized spacial score (nSPS) is 17.8. The summed E-state index contributed by atoms with van der Waals surface area (Å²) in [6, 6.07) is 0. The molecular weight excluding hydrogens is 336 g/mol. The molecule has 0 fully saturated rings. The van der Waals surface area contributed by atoms with Crippen LogP contribution in [0.1, 0.15) is 12.8 Å². The summed E-state index contributed by atoms with van der Waals surface area (Å²) in [5, 5.41) is 0. The quantitative estimate of drug-likeness (QED) is 0.576. The molecule has 2 aliphatic carbocycles. The molecule has 2 rings (SSSR count). The molecule has 0 bridgehead atoms. The molecule has 0 radical (unpaired) electrons. The molecule has 4 nitrogen and oxygen atoms in total. The van der Waals surface area contributed by atoms with E-state index < -0.39 is 20.6 Å². The smallest absolute Gasteiger partial charge is 0.184 e. The van der Waals surface area contributed by atoms with E-state index in [0.717, 1.165) is 9.81 Å². The van der Waals surface area contributed by atoms with E-state index in [1.165, 1.54) is 21.6 Å². The lowest BCUT2D eigenvalue weighted by Gasteiger charge is -2.08. The second kappa shape index (κ2) is 7.16. The lowest BCUT2D eigenvalue weighted by atomic mass is 10.2. The van der Waals surface area contributed by atoms with Crippen LogP contribution in [-0.4, -0.2) is 26.6 Å². The summed E-state index contributed by atoms with van der Waals surface area (Å²) in [4.78, 5) is 2.74. The SMILES string of the molecule is O=S(=O)=C1C=CC(SSC2=CCC(=S(=O)=O)C=C2)=CC1. The molecule has 106 valence electrons. The Morgan fingerprint density at radius 2 is 1.10 bits per heavy atom. The van der Waals surface area contributed by atoms with E-state index in [1.54, 1.807) is 24.3 Å². The first-order valence-electron chi connectivity index (χ1n) is 5.57. The number of hydrogen-bond acceptors (Lipinski definition) is 6. The first-order chi connectivity index (χ1) is 9.56. The number of allylic oxidation sites excluding steroid dienone is 6. The Morgan fingerprint density at radius 1 is 0.700 bits per heavy atom. The molecule has 0 amide bonds. The maximum atomic E-state index is 10.8. The van der Waals surface area contributed by atoms with Crippen LogP contribution in [-0.2, 0) is 20.6 Å². The predicted molar refractivity (Wildman–Crippen MR) is 86.7 cm³/mol. The summed E-state index contributed by atoms with van der Waals surface area (Å²) in [6.45, 7) is 0. The third-order valence-corrected chi connectivity index (χ3v) is 6.48. The van der Waals surface area contributed by atoms with Gasteiger partial charge in [0.15, 0.2) is 0 Å². The zero-order chi connectivity index (χ0) is 14.5. The summed E-state index contributed by atoms with van der Waals surface area (Å²) < 4.78 is 43.0. The Kier molecular flexibility index (Phi) is 5.53. The zero-order valence-corrected chi connectivity index (χ0v) is 13.4. The molecule has 0 aliphatic heterocycles. The van der Waals surface area contributed by atoms with Crippen molar-refractivity contribution in [2.24, 2.45) is 0 Å². The molecule has 0 heterocycles. The molecule has 20 heavy (non-hydrogen) atoms. The van der Waals surface area contributed by atoms with Crippen LogP contribution in [0.3, 0.4) is 0 Å². The van der Waals surface area contributed by atoms with Gasteiger partial charge in [0.05, 0.1) is 9.73 Å². The average molecular weight is 346 g/mol. The van der Waals surface area contributed by atoms with Gasteiger partial charge < -0.3 is 0 Å².